The second-order valence-electron chi connectivity index (χ2n) is 9.84. The van der Waals surface area contributed by atoms with Crippen LogP contribution in [-0.4, -0.2) is 65.5 Å². The molecule has 1 fully saturated rings. The summed E-state index contributed by atoms with van der Waals surface area (Å²) in [5, 5.41) is 13.3. The molecule has 3 aromatic rings. The molecule has 8 heteroatoms. The summed E-state index contributed by atoms with van der Waals surface area (Å²) in [6, 6.07) is 15.9. The van der Waals surface area contributed by atoms with Gasteiger partial charge in [-0.25, -0.2) is 9.37 Å². The first kappa shape index (κ1) is 27.5. The Kier molecular flexibility index (Phi) is 9.66. The van der Waals surface area contributed by atoms with Crippen molar-refractivity contribution in [3.8, 4) is 17.6 Å². The van der Waals surface area contributed by atoms with E-state index in [1.54, 1.807) is 14.0 Å². The number of methoxy groups -OCH3 is 1. The highest BCUT2D eigenvalue weighted by Crippen LogP contribution is 2.23. The molecule has 0 bridgehead atoms. The number of likely N-dealkylation sites (tertiary alicyclic amines) is 1. The highest BCUT2D eigenvalue weighted by molar-refractivity contribution is 5.44. The number of H-pyrrole nitrogens is 1. The van der Waals surface area contributed by atoms with Crippen molar-refractivity contribution in [2.45, 2.75) is 44.4 Å². The molecule has 0 spiro atoms. The van der Waals surface area contributed by atoms with E-state index in [-0.39, 0.29) is 17.7 Å². The standard InChI is InChI=1S/C30H35FN4O3/c1-21(16-31)32-17-26(15-28-29(36)30(37)34-20-33-28)25-11-9-23(10-12-25)4-3-22-5-7-24(8-6-22)18-35-14-13-27(19-35)38-2/h5-12,20-21,26-27,32,36H,13-19H2,1-2H3,(H,33,34,37)/t21-,26?,27+/m0/s1. The molecule has 1 aliphatic rings. The van der Waals surface area contributed by atoms with Crippen molar-refractivity contribution in [2.24, 2.45) is 0 Å². The lowest BCUT2D eigenvalue weighted by molar-refractivity contribution is 0.107. The molecule has 7 nitrogen and oxygen atoms in total. The van der Waals surface area contributed by atoms with E-state index in [1.807, 2.05) is 24.3 Å². The van der Waals surface area contributed by atoms with Gasteiger partial charge in [-0.05, 0) is 48.7 Å². The van der Waals surface area contributed by atoms with Gasteiger partial charge < -0.3 is 20.1 Å². The van der Waals surface area contributed by atoms with Crippen molar-refractivity contribution in [1.29, 1.82) is 0 Å². The van der Waals surface area contributed by atoms with E-state index in [0.717, 1.165) is 42.7 Å². The third-order valence-electron chi connectivity index (χ3n) is 6.94. The van der Waals surface area contributed by atoms with Crippen molar-refractivity contribution < 1.29 is 14.2 Å². The van der Waals surface area contributed by atoms with Crippen LogP contribution < -0.4 is 10.9 Å². The molecular weight excluding hydrogens is 483 g/mol. The van der Waals surface area contributed by atoms with Gasteiger partial charge in [-0.15, -0.1) is 0 Å². The Hall–Kier alpha value is -3.51. The molecule has 1 unspecified atom stereocenters. The van der Waals surface area contributed by atoms with E-state index in [9.17, 15) is 14.3 Å². The van der Waals surface area contributed by atoms with Crippen molar-refractivity contribution >= 4 is 0 Å². The molecule has 2 heterocycles. The van der Waals surface area contributed by atoms with E-state index >= 15 is 0 Å². The average Bonchev–Trinajstić information content (AvgIpc) is 3.40. The van der Waals surface area contributed by atoms with Crippen LogP contribution in [0.2, 0.25) is 0 Å². The van der Waals surface area contributed by atoms with Crippen LogP contribution in [0.15, 0.2) is 59.7 Å². The number of ether oxygens (including phenoxy) is 1. The van der Waals surface area contributed by atoms with Gasteiger partial charge in [0, 0.05) is 62.8 Å². The number of nitrogens with one attached hydrogen (secondary N) is 2. The normalized spacial score (nSPS) is 17.1. The second-order valence-corrected chi connectivity index (χ2v) is 9.84. The third-order valence-corrected chi connectivity index (χ3v) is 6.94. The summed E-state index contributed by atoms with van der Waals surface area (Å²) >= 11 is 0. The molecule has 1 saturated heterocycles. The third kappa shape index (κ3) is 7.51. The molecule has 0 saturated carbocycles. The summed E-state index contributed by atoms with van der Waals surface area (Å²) in [5.74, 6) is 5.95. The molecule has 4 rings (SSSR count). The van der Waals surface area contributed by atoms with Crippen LogP contribution in [0.3, 0.4) is 0 Å². The Morgan fingerprint density at radius 3 is 2.50 bits per heavy atom. The van der Waals surface area contributed by atoms with Gasteiger partial charge >= 0.3 is 0 Å². The maximum Gasteiger partial charge on any atom is 0.293 e. The number of alkyl halides is 1. The summed E-state index contributed by atoms with van der Waals surface area (Å²) in [5.41, 5.74) is 3.81. The Balaban J connectivity index is 1.42. The van der Waals surface area contributed by atoms with Crippen LogP contribution in [0.1, 0.15) is 47.2 Å². The number of aromatic hydroxyl groups is 1. The number of nitrogens with zero attached hydrogens (tertiary/aromatic N) is 2. The number of rotatable bonds is 10. The Labute approximate surface area is 223 Å². The van der Waals surface area contributed by atoms with Crippen LogP contribution in [-0.2, 0) is 17.7 Å². The summed E-state index contributed by atoms with van der Waals surface area (Å²) in [6.07, 6.45) is 3.03. The van der Waals surface area contributed by atoms with Gasteiger partial charge in [0.15, 0.2) is 0 Å². The van der Waals surface area contributed by atoms with Gasteiger partial charge in [-0.3, -0.25) is 9.69 Å². The van der Waals surface area contributed by atoms with Gasteiger partial charge in [-0.1, -0.05) is 36.1 Å². The molecule has 0 radical (unpaired) electrons. The summed E-state index contributed by atoms with van der Waals surface area (Å²) in [4.78, 5) is 20.7. The number of halogens is 1. The van der Waals surface area contributed by atoms with Gasteiger partial charge in [0.05, 0.1) is 18.1 Å². The van der Waals surface area contributed by atoms with E-state index in [1.165, 1.54) is 11.9 Å². The number of hydrogen-bond acceptors (Lipinski definition) is 6. The maximum absolute atomic E-state index is 13.0. The van der Waals surface area contributed by atoms with E-state index in [4.69, 9.17) is 4.74 Å². The van der Waals surface area contributed by atoms with E-state index in [0.29, 0.717) is 24.8 Å². The van der Waals surface area contributed by atoms with Gasteiger partial charge in [0.2, 0.25) is 5.75 Å². The quantitative estimate of drug-likeness (QED) is 0.357. The predicted octanol–water partition coefficient (Wildman–Crippen LogP) is 3.37. The van der Waals surface area contributed by atoms with Crippen LogP contribution in [0.5, 0.6) is 5.75 Å². The molecular formula is C30H35FN4O3. The Morgan fingerprint density at radius 1 is 1.18 bits per heavy atom. The number of aromatic amines is 1. The summed E-state index contributed by atoms with van der Waals surface area (Å²) < 4.78 is 18.5. The summed E-state index contributed by atoms with van der Waals surface area (Å²) in [6.45, 7) is 4.71. The largest absolute Gasteiger partial charge is 0.502 e. The molecule has 200 valence electrons. The van der Waals surface area contributed by atoms with E-state index in [2.05, 4.69) is 56.3 Å². The van der Waals surface area contributed by atoms with Crippen LogP contribution >= 0.6 is 0 Å². The minimum atomic E-state index is -0.576. The minimum absolute atomic E-state index is 0.117. The molecule has 3 atom stereocenters. The Morgan fingerprint density at radius 2 is 1.87 bits per heavy atom. The topological polar surface area (TPSA) is 90.5 Å². The second kappa shape index (κ2) is 13.3. The molecule has 38 heavy (non-hydrogen) atoms. The zero-order valence-electron chi connectivity index (χ0n) is 21.9. The van der Waals surface area contributed by atoms with E-state index < -0.39 is 12.2 Å². The average molecular weight is 519 g/mol. The molecule has 2 aromatic carbocycles. The van der Waals surface area contributed by atoms with Crippen molar-refractivity contribution in [3.63, 3.8) is 0 Å². The predicted molar refractivity (Wildman–Crippen MR) is 146 cm³/mol. The van der Waals surface area contributed by atoms with Crippen molar-refractivity contribution in [1.82, 2.24) is 20.2 Å². The fourth-order valence-corrected chi connectivity index (χ4v) is 4.59. The first-order valence-electron chi connectivity index (χ1n) is 13.0. The molecule has 1 aromatic heterocycles. The molecule has 0 aliphatic carbocycles. The zero-order chi connectivity index (χ0) is 26.9. The number of hydrogen-bond donors (Lipinski definition) is 3. The van der Waals surface area contributed by atoms with Crippen LogP contribution in [0.25, 0.3) is 0 Å². The lowest BCUT2D eigenvalue weighted by Crippen LogP contribution is -2.32. The fraction of sp³-hybridized carbons (Fsp3) is 0.400. The summed E-state index contributed by atoms with van der Waals surface area (Å²) in [7, 11) is 1.78. The van der Waals surface area contributed by atoms with Crippen molar-refractivity contribution in [2.75, 3.05) is 33.4 Å². The van der Waals surface area contributed by atoms with Crippen LogP contribution in [0.4, 0.5) is 4.39 Å². The maximum atomic E-state index is 13.0. The van der Waals surface area contributed by atoms with Crippen molar-refractivity contribution in [3.05, 3.63) is 93.2 Å². The first-order valence-corrected chi connectivity index (χ1v) is 13.0. The van der Waals surface area contributed by atoms with Gasteiger partial charge in [0.1, 0.15) is 6.67 Å². The molecule has 3 N–H and O–H groups in total. The first-order chi connectivity index (χ1) is 18.4. The lowest BCUT2D eigenvalue weighted by atomic mass is 9.92. The van der Waals surface area contributed by atoms with Crippen LogP contribution in [0, 0.1) is 11.8 Å². The fourth-order valence-electron chi connectivity index (χ4n) is 4.59. The number of aromatic nitrogens is 2. The smallest absolute Gasteiger partial charge is 0.293 e. The highest BCUT2D eigenvalue weighted by Gasteiger charge is 2.21. The molecule has 1 aliphatic heterocycles. The molecule has 0 amide bonds. The monoisotopic (exact) mass is 518 g/mol. The number of benzene rings is 2. The minimum Gasteiger partial charge on any atom is -0.502 e. The van der Waals surface area contributed by atoms with Gasteiger partial charge in [0.25, 0.3) is 5.56 Å². The van der Waals surface area contributed by atoms with Gasteiger partial charge in [-0.2, -0.15) is 0 Å². The zero-order valence-corrected chi connectivity index (χ0v) is 21.9. The highest BCUT2D eigenvalue weighted by atomic mass is 19.1. The Bertz CT molecular complexity index is 1300. The lowest BCUT2D eigenvalue weighted by Gasteiger charge is -2.20. The SMILES string of the molecule is CO[C@@H]1CCN(Cc2ccc(C#Cc3ccc(C(CN[C@@H](C)CF)Cc4nc[nH]c(=O)c4O)cc3)cc2)C1.